The number of carbonyl (C=O) groups excluding carboxylic acids is 2. The van der Waals surface area contributed by atoms with E-state index in [-0.39, 0.29) is 24.7 Å². The molecule has 2 aromatic carbocycles. The van der Waals surface area contributed by atoms with Crippen LogP contribution in [0.15, 0.2) is 48.5 Å². The number of carbonyl (C=O) groups is 3. The number of hydrogen-bond donors (Lipinski definition) is 3. The summed E-state index contributed by atoms with van der Waals surface area (Å²) in [4.78, 5) is 35.0. The molecule has 7 nitrogen and oxygen atoms in total. The quantitative estimate of drug-likeness (QED) is 0.292. The molecule has 1 unspecified atom stereocenters. The van der Waals surface area contributed by atoms with E-state index >= 15 is 0 Å². The minimum atomic E-state index is -1.12. The van der Waals surface area contributed by atoms with Crippen molar-refractivity contribution in [1.82, 2.24) is 10.6 Å². The van der Waals surface area contributed by atoms with Gasteiger partial charge in [-0.1, -0.05) is 67.8 Å². The number of aliphatic carboxylic acids is 1. The third-order valence-corrected chi connectivity index (χ3v) is 6.15. The summed E-state index contributed by atoms with van der Waals surface area (Å²) in [5.41, 5.74) is 4.77. The molecule has 0 fully saturated rings. The molecule has 1 aliphatic rings. The van der Waals surface area contributed by atoms with Crippen molar-refractivity contribution in [3.63, 3.8) is 0 Å². The Kier molecular flexibility index (Phi) is 9.73. The minimum Gasteiger partial charge on any atom is -0.480 e. The molecule has 0 spiro atoms. The number of fused-ring (bicyclic) bond motifs is 3. The van der Waals surface area contributed by atoms with E-state index in [0.717, 1.165) is 25.7 Å². The van der Waals surface area contributed by atoms with E-state index in [1.807, 2.05) is 24.3 Å². The van der Waals surface area contributed by atoms with Crippen LogP contribution in [0.4, 0.5) is 4.79 Å². The summed E-state index contributed by atoms with van der Waals surface area (Å²) >= 11 is 0. The van der Waals surface area contributed by atoms with Gasteiger partial charge in [0.2, 0.25) is 5.91 Å². The number of alkyl carbamates (subject to hydrolysis) is 1. The van der Waals surface area contributed by atoms with Crippen molar-refractivity contribution in [3.05, 3.63) is 59.7 Å². The topological polar surface area (TPSA) is 105 Å². The van der Waals surface area contributed by atoms with Crippen LogP contribution in [-0.2, 0) is 14.3 Å². The molecule has 7 heteroatoms. The van der Waals surface area contributed by atoms with Gasteiger partial charge < -0.3 is 20.5 Å². The van der Waals surface area contributed by atoms with Crippen LogP contribution in [0.2, 0.25) is 0 Å². The van der Waals surface area contributed by atoms with Crippen LogP contribution in [0.25, 0.3) is 11.1 Å². The van der Waals surface area contributed by atoms with E-state index in [0.29, 0.717) is 19.6 Å². The first-order valence-electron chi connectivity index (χ1n) is 12.1. The summed E-state index contributed by atoms with van der Waals surface area (Å²) in [6.45, 7) is 0.829. The van der Waals surface area contributed by atoms with Crippen molar-refractivity contribution < 1.29 is 24.2 Å². The first kappa shape index (κ1) is 25.8. The SMILES string of the molecule is C#CCC(NC(=O)CCCCCCCNC(=O)OCC1c2ccccc2-c2ccccc21)C(=O)O. The molecule has 0 aliphatic heterocycles. The minimum absolute atomic E-state index is 0.0300. The zero-order chi connectivity index (χ0) is 25.0. The number of rotatable bonds is 13. The summed E-state index contributed by atoms with van der Waals surface area (Å²) in [5, 5.41) is 14.3. The van der Waals surface area contributed by atoms with Gasteiger partial charge in [-0.05, 0) is 35.1 Å². The lowest BCUT2D eigenvalue weighted by Crippen LogP contribution is -2.40. The molecule has 2 amide bonds. The maximum atomic E-state index is 12.2. The number of hydrogen-bond acceptors (Lipinski definition) is 4. The Hall–Kier alpha value is -3.79. The van der Waals surface area contributed by atoms with Crippen LogP contribution in [0.3, 0.4) is 0 Å². The van der Waals surface area contributed by atoms with Crippen molar-refractivity contribution in [2.24, 2.45) is 0 Å². The highest BCUT2D eigenvalue weighted by atomic mass is 16.5. The largest absolute Gasteiger partial charge is 0.480 e. The fourth-order valence-corrected chi connectivity index (χ4v) is 4.37. The second-order valence-corrected chi connectivity index (χ2v) is 8.64. The first-order chi connectivity index (χ1) is 17.0. The number of amides is 2. The fraction of sp³-hybridized carbons (Fsp3) is 0.393. The molecular formula is C28H32N2O5. The second-order valence-electron chi connectivity index (χ2n) is 8.64. The molecule has 0 bridgehead atoms. The monoisotopic (exact) mass is 476 g/mol. The van der Waals surface area contributed by atoms with Gasteiger partial charge >= 0.3 is 12.1 Å². The van der Waals surface area contributed by atoms with Crippen molar-refractivity contribution in [2.75, 3.05) is 13.2 Å². The second kappa shape index (κ2) is 13.2. The number of unbranched alkanes of at least 4 members (excludes halogenated alkanes) is 4. The lowest BCUT2D eigenvalue weighted by Gasteiger charge is -2.14. The van der Waals surface area contributed by atoms with Crippen molar-refractivity contribution in [3.8, 4) is 23.5 Å². The Morgan fingerprint density at radius 3 is 2.17 bits per heavy atom. The molecule has 3 N–H and O–H groups in total. The predicted octanol–water partition coefficient (Wildman–Crippen LogP) is 4.46. The summed E-state index contributed by atoms with van der Waals surface area (Å²) < 4.78 is 5.53. The number of benzene rings is 2. The van der Waals surface area contributed by atoms with Crippen LogP contribution in [-0.4, -0.2) is 42.3 Å². The molecule has 0 heterocycles. The van der Waals surface area contributed by atoms with E-state index in [4.69, 9.17) is 16.3 Å². The number of carboxylic acids is 1. The molecule has 35 heavy (non-hydrogen) atoms. The van der Waals surface area contributed by atoms with Gasteiger partial charge in [0.25, 0.3) is 0 Å². The smallest absolute Gasteiger partial charge is 0.407 e. The Balaban J connectivity index is 1.27. The zero-order valence-corrected chi connectivity index (χ0v) is 19.8. The van der Waals surface area contributed by atoms with Crippen molar-refractivity contribution in [1.29, 1.82) is 0 Å². The molecule has 0 aromatic heterocycles. The molecule has 1 atom stereocenters. The first-order valence-corrected chi connectivity index (χ1v) is 12.1. The molecule has 1 aliphatic carbocycles. The van der Waals surface area contributed by atoms with E-state index in [9.17, 15) is 14.4 Å². The van der Waals surface area contributed by atoms with Crippen LogP contribution in [0, 0.1) is 12.3 Å². The van der Waals surface area contributed by atoms with Gasteiger partial charge in [0.15, 0.2) is 0 Å². The molecule has 0 saturated heterocycles. The van der Waals surface area contributed by atoms with Crippen molar-refractivity contribution >= 4 is 18.0 Å². The third kappa shape index (κ3) is 7.35. The maximum absolute atomic E-state index is 12.2. The van der Waals surface area contributed by atoms with E-state index in [1.54, 1.807) is 0 Å². The molecule has 0 radical (unpaired) electrons. The van der Waals surface area contributed by atoms with Gasteiger partial charge in [0.05, 0.1) is 0 Å². The molecule has 2 aromatic rings. The van der Waals surface area contributed by atoms with Gasteiger partial charge in [-0.15, -0.1) is 12.3 Å². The number of nitrogens with one attached hydrogen (secondary N) is 2. The summed E-state index contributed by atoms with van der Waals surface area (Å²) in [7, 11) is 0. The normalized spacial score (nSPS) is 12.7. The maximum Gasteiger partial charge on any atom is 0.407 e. The zero-order valence-electron chi connectivity index (χ0n) is 19.8. The summed E-state index contributed by atoms with van der Waals surface area (Å²) in [6, 6.07) is 15.4. The fourth-order valence-electron chi connectivity index (χ4n) is 4.37. The molecule has 3 rings (SSSR count). The van der Waals surface area contributed by atoms with Gasteiger partial charge in [-0.2, -0.15) is 0 Å². The van der Waals surface area contributed by atoms with E-state index in [2.05, 4.69) is 40.8 Å². The highest BCUT2D eigenvalue weighted by molar-refractivity contribution is 5.83. The van der Waals surface area contributed by atoms with E-state index in [1.165, 1.54) is 22.3 Å². The molecule has 184 valence electrons. The predicted molar refractivity (Wildman–Crippen MR) is 134 cm³/mol. The Morgan fingerprint density at radius 2 is 1.54 bits per heavy atom. The van der Waals surface area contributed by atoms with Gasteiger partial charge in [-0.3, -0.25) is 4.79 Å². The van der Waals surface area contributed by atoms with Crippen LogP contribution >= 0.6 is 0 Å². The van der Waals surface area contributed by atoms with Gasteiger partial charge in [0, 0.05) is 25.3 Å². The Labute approximate surface area is 206 Å². The number of ether oxygens (including phenoxy) is 1. The van der Waals surface area contributed by atoms with Gasteiger partial charge in [-0.25, -0.2) is 9.59 Å². The lowest BCUT2D eigenvalue weighted by atomic mass is 9.98. The van der Waals surface area contributed by atoms with Crippen LogP contribution < -0.4 is 10.6 Å². The Bertz CT molecular complexity index is 1030. The summed E-state index contributed by atoms with van der Waals surface area (Å²) in [5.74, 6) is 0.872. The van der Waals surface area contributed by atoms with Crippen LogP contribution in [0.5, 0.6) is 0 Å². The highest BCUT2D eigenvalue weighted by Crippen LogP contribution is 2.44. The lowest BCUT2D eigenvalue weighted by molar-refractivity contribution is -0.141. The highest BCUT2D eigenvalue weighted by Gasteiger charge is 2.28. The van der Waals surface area contributed by atoms with Crippen LogP contribution in [0.1, 0.15) is 62.0 Å². The average Bonchev–Trinajstić information content (AvgIpc) is 3.17. The molecular weight excluding hydrogens is 444 g/mol. The van der Waals surface area contributed by atoms with E-state index < -0.39 is 18.1 Å². The Morgan fingerprint density at radius 1 is 0.943 bits per heavy atom. The number of terminal acetylenes is 1. The molecule has 0 saturated carbocycles. The van der Waals surface area contributed by atoms with Gasteiger partial charge in [0.1, 0.15) is 12.6 Å². The third-order valence-electron chi connectivity index (χ3n) is 6.15. The van der Waals surface area contributed by atoms with Crippen molar-refractivity contribution in [2.45, 2.75) is 56.9 Å². The summed E-state index contributed by atoms with van der Waals surface area (Å²) in [6.07, 6.45) is 9.14. The standard InChI is InChI=1S/C28H32N2O5/c1-2-12-25(27(32)33)30-26(31)17-6-4-3-5-11-18-29-28(34)35-19-24-22-15-9-7-13-20(22)21-14-8-10-16-23(21)24/h1,7-10,13-16,24-25H,3-6,11-12,17-19H2,(H,29,34)(H,30,31)(H,32,33). The average molecular weight is 477 g/mol. The number of carboxylic acid groups (broad SMARTS) is 1.